The van der Waals surface area contributed by atoms with Crippen molar-refractivity contribution in [3.8, 4) is 0 Å². The Bertz CT molecular complexity index is 706. The Labute approximate surface area is 160 Å². The van der Waals surface area contributed by atoms with Crippen LogP contribution < -0.4 is 0 Å². The van der Waals surface area contributed by atoms with Gasteiger partial charge in [-0.15, -0.1) is 0 Å². The molecule has 4 aliphatic rings. The molecule has 2 aliphatic carbocycles. The largest absolute Gasteiger partial charge is 0.392 e. The van der Waals surface area contributed by atoms with Crippen molar-refractivity contribution in [2.24, 2.45) is 23.2 Å². The van der Waals surface area contributed by atoms with Crippen LogP contribution in [-0.2, 0) is 18.9 Å². The van der Waals surface area contributed by atoms with Crippen LogP contribution >= 0.6 is 0 Å². The first-order valence-corrected chi connectivity index (χ1v) is 10.1. The summed E-state index contributed by atoms with van der Waals surface area (Å²) in [4.78, 5) is 0. The molecule has 9 atom stereocenters. The molecule has 2 bridgehead atoms. The second-order valence-corrected chi connectivity index (χ2v) is 8.25. The number of rotatable bonds is 4. The molecule has 0 aromatic heterocycles. The van der Waals surface area contributed by atoms with Crippen LogP contribution in [0, 0.1) is 23.2 Å². The normalized spacial score (nSPS) is 46.1. The van der Waals surface area contributed by atoms with Gasteiger partial charge < -0.3 is 24.1 Å². The number of aliphatic hydroxyl groups excluding tert-OH is 1. The lowest BCUT2D eigenvalue weighted by Gasteiger charge is -2.59. The lowest BCUT2D eigenvalue weighted by molar-refractivity contribution is -0.377. The van der Waals surface area contributed by atoms with Crippen molar-refractivity contribution in [3.63, 3.8) is 0 Å². The maximum absolute atomic E-state index is 11.3. The van der Waals surface area contributed by atoms with E-state index in [9.17, 15) is 5.11 Å². The summed E-state index contributed by atoms with van der Waals surface area (Å²) in [6.07, 6.45) is 4.59. The van der Waals surface area contributed by atoms with Crippen molar-refractivity contribution < 1.29 is 24.1 Å². The van der Waals surface area contributed by atoms with E-state index in [-0.39, 0.29) is 30.3 Å². The average Bonchev–Trinajstić information content (AvgIpc) is 3.34. The van der Waals surface area contributed by atoms with Crippen LogP contribution in [0.1, 0.15) is 31.6 Å². The molecule has 3 fully saturated rings. The quantitative estimate of drug-likeness (QED) is 0.824. The summed E-state index contributed by atoms with van der Waals surface area (Å²) in [5.74, 6) is 0.748. The number of hydrogen-bond acceptors (Lipinski definition) is 5. The van der Waals surface area contributed by atoms with Crippen LogP contribution in [0.15, 0.2) is 42.5 Å². The smallest absolute Gasteiger partial charge is 0.184 e. The van der Waals surface area contributed by atoms with E-state index < -0.39 is 17.8 Å². The Morgan fingerprint density at radius 1 is 1.22 bits per heavy atom. The summed E-state index contributed by atoms with van der Waals surface area (Å²) in [6, 6.07) is 10.0. The summed E-state index contributed by atoms with van der Waals surface area (Å²) in [5, 5.41) is 11.3. The summed E-state index contributed by atoms with van der Waals surface area (Å²) < 4.78 is 24.6. The number of ether oxygens (including phenoxy) is 4. The van der Waals surface area contributed by atoms with Gasteiger partial charge in [0, 0.05) is 24.0 Å². The molecule has 0 radical (unpaired) electrons. The number of allylic oxidation sites excluding steroid dienone is 2. The predicted molar refractivity (Wildman–Crippen MR) is 98.6 cm³/mol. The molecule has 1 saturated carbocycles. The third kappa shape index (κ3) is 2.42. The van der Waals surface area contributed by atoms with Gasteiger partial charge in [0.1, 0.15) is 6.10 Å². The zero-order valence-corrected chi connectivity index (χ0v) is 15.9. The van der Waals surface area contributed by atoms with Crippen molar-refractivity contribution in [1.29, 1.82) is 0 Å². The second-order valence-electron chi connectivity index (χ2n) is 8.25. The predicted octanol–water partition coefficient (Wildman–Crippen LogP) is 3.05. The number of methoxy groups -OCH3 is 1. The first-order chi connectivity index (χ1) is 13.2. The van der Waals surface area contributed by atoms with E-state index in [1.165, 1.54) is 0 Å². The molecule has 2 aliphatic heterocycles. The highest BCUT2D eigenvalue weighted by molar-refractivity contribution is 5.26. The van der Waals surface area contributed by atoms with Crippen LogP contribution in [0.2, 0.25) is 0 Å². The number of fused-ring (bicyclic) bond motifs is 7. The fourth-order valence-electron chi connectivity index (χ4n) is 6.16. The monoisotopic (exact) mass is 372 g/mol. The molecule has 5 nitrogen and oxygen atoms in total. The molecule has 1 unspecified atom stereocenters. The van der Waals surface area contributed by atoms with E-state index in [1.54, 1.807) is 7.11 Å². The third-order valence-corrected chi connectivity index (χ3v) is 7.18. The third-order valence-electron chi connectivity index (χ3n) is 7.18. The highest BCUT2D eigenvalue weighted by Crippen LogP contribution is 2.65. The summed E-state index contributed by atoms with van der Waals surface area (Å²) in [5.41, 5.74) is 0.607. The van der Waals surface area contributed by atoms with Gasteiger partial charge in [-0.25, -0.2) is 0 Å². The molecule has 1 aromatic rings. The zero-order chi connectivity index (χ0) is 18.6. The summed E-state index contributed by atoms with van der Waals surface area (Å²) >= 11 is 0. The second kappa shape index (κ2) is 6.68. The van der Waals surface area contributed by atoms with Crippen molar-refractivity contribution in [3.05, 3.63) is 48.0 Å². The molecule has 0 amide bonds. The summed E-state index contributed by atoms with van der Waals surface area (Å²) in [7, 11) is 1.70. The Morgan fingerprint density at radius 2 is 2.04 bits per heavy atom. The van der Waals surface area contributed by atoms with Crippen LogP contribution in [-0.4, -0.2) is 43.4 Å². The van der Waals surface area contributed by atoms with Gasteiger partial charge in [-0.3, -0.25) is 0 Å². The van der Waals surface area contributed by atoms with Crippen molar-refractivity contribution in [2.75, 3.05) is 13.7 Å². The molecule has 2 heterocycles. The van der Waals surface area contributed by atoms with E-state index >= 15 is 0 Å². The maximum atomic E-state index is 11.3. The number of aliphatic hydroxyl groups is 1. The molecule has 5 rings (SSSR count). The topological polar surface area (TPSA) is 57.2 Å². The Kier molecular flexibility index (Phi) is 4.41. The lowest BCUT2D eigenvalue weighted by atomic mass is 9.58. The van der Waals surface area contributed by atoms with Crippen molar-refractivity contribution in [1.82, 2.24) is 0 Å². The molecule has 27 heavy (non-hydrogen) atoms. The van der Waals surface area contributed by atoms with Crippen LogP contribution in [0.3, 0.4) is 0 Å². The molecular formula is C22H28O5. The van der Waals surface area contributed by atoms with Gasteiger partial charge >= 0.3 is 0 Å². The van der Waals surface area contributed by atoms with Gasteiger partial charge in [-0.05, 0) is 24.7 Å². The molecule has 2 saturated heterocycles. The van der Waals surface area contributed by atoms with E-state index in [1.807, 2.05) is 37.3 Å². The summed E-state index contributed by atoms with van der Waals surface area (Å²) in [6.45, 7) is 2.49. The van der Waals surface area contributed by atoms with E-state index in [0.717, 1.165) is 12.0 Å². The highest BCUT2D eigenvalue weighted by Gasteiger charge is 2.70. The minimum absolute atomic E-state index is 0.100. The lowest BCUT2D eigenvalue weighted by Crippen LogP contribution is -2.68. The zero-order valence-electron chi connectivity index (χ0n) is 15.9. The standard InChI is InChI=1S/C22H28O5/c1-3-17(23)22-15-10-9-14(11-15)18(22)21(24-2)26-16-12-25-20(27-19(16)22)13-7-5-4-6-8-13/h4-10,14-21,23H,3,11-12H2,1-2H3/t14-,15+,16+,17?,18+,19+,20+,21-,22-/m0/s1. The van der Waals surface area contributed by atoms with Crippen molar-refractivity contribution in [2.45, 2.75) is 50.7 Å². The van der Waals surface area contributed by atoms with Crippen LogP contribution in [0.25, 0.3) is 0 Å². The van der Waals surface area contributed by atoms with Gasteiger partial charge in [0.15, 0.2) is 12.6 Å². The molecule has 0 spiro atoms. The molecule has 1 N–H and O–H groups in total. The molecule has 146 valence electrons. The minimum atomic E-state index is -0.467. The fraction of sp³-hybridized carbons (Fsp3) is 0.636. The first-order valence-electron chi connectivity index (χ1n) is 10.1. The van der Waals surface area contributed by atoms with Crippen molar-refractivity contribution >= 4 is 0 Å². The number of hydrogen-bond donors (Lipinski definition) is 1. The van der Waals surface area contributed by atoms with E-state index in [0.29, 0.717) is 18.9 Å². The maximum Gasteiger partial charge on any atom is 0.184 e. The van der Waals surface area contributed by atoms with E-state index in [2.05, 4.69) is 12.2 Å². The molecule has 1 aromatic carbocycles. The first kappa shape index (κ1) is 17.8. The average molecular weight is 372 g/mol. The van der Waals surface area contributed by atoms with Crippen LogP contribution in [0.5, 0.6) is 0 Å². The van der Waals surface area contributed by atoms with Gasteiger partial charge in [0.2, 0.25) is 0 Å². The number of benzene rings is 1. The van der Waals surface area contributed by atoms with Gasteiger partial charge in [0.05, 0.1) is 18.8 Å². The van der Waals surface area contributed by atoms with Crippen LogP contribution in [0.4, 0.5) is 0 Å². The van der Waals surface area contributed by atoms with Gasteiger partial charge in [-0.2, -0.15) is 0 Å². The Hall–Kier alpha value is -1.24. The fourth-order valence-corrected chi connectivity index (χ4v) is 6.16. The van der Waals surface area contributed by atoms with Gasteiger partial charge in [-0.1, -0.05) is 49.4 Å². The Morgan fingerprint density at radius 3 is 2.78 bits per heavy atom. The molecule has 5 heteroatoms. The van der Waals surface area contributed by atoms with Gasteiger partial charge in [0.25, 0.3) is 0 Å². The highest BCUT2D eigenvalue weighted by atomic mass is 16.7. The Balaban J connectivity index is 1.56. The molecular weight excluding hydrogens is 344 g/mol. The SMILES string of the molecule is CCC(O)[C@@]12[C@@H]([C@@H](OC)O[C@@H]3CO[C@@H](c4ccccc4)O[C@H]31)[C@H]1C=C[C@@H]2C1. The van der Waals surface area contributed by atoms with E-state index in [4.69, 9.17) is 18.9 Å². The minimum Gasteiger partial charge on any atom is -0.392 e.